The van der Waals surface area contributed by atoms with Crippen LogP contribution in [-0.2, 0) is 9.53 Å². The second-order valence-electron chi connectivity index (χ2n) is 5.35. The largest absolute Gasteiger partial charge is 0.465 e. The molecule has 0 radical (unpaired) electrons. The van der Waals surface area contributed by atoms with Crippen molar-refractivity contribution >= 4 is 5.97 Å². The van der Waals surface area contributed by atoms with Crippen molar-refractivity contribution in [2.24, 2.45) is 0 Å². The zero-order valence-electron chi connectivity index (χ0n) is 12.9. The maximum Gasteiger partial charge on any atom is 0.318 e. The lowest BCUT2D eigenvalue weighted by Crippen LogP contribution is -2.19. The summed E-state index contributed by atoms with van der Waals surface area (Å²) >= 11 is 0. The van der Waals surface area contributed by atoms with Crippen molar-refractivity contribution in [2.75, 3.05) is 0 Å². The van der Waals surface area contributed by atoms with Gasteiger partial charge in [-0.25, -0.2) is 0 Å². The van der Waals surface area contributed by atoms with Gasteiger partial charge >= 0.3 is 5.97 Å². The monoisotopic (exact) mass is 306 g/mol. The van der Waals surface area contributed by atoms with E-state index < -0.39 is 12.0 Å². The molecule has 0 fully saturated rings. The Balaban J connectivity index is 1.88. The van der Waals surface area contributed by atoms with Gasteiger partial charge in [-0.1, -0.05) is 60.7 Å². The highest BCUT2D eigenvalue weighted by Gasteiger charge is 2.26. The van der Waals surface area contributed by atoms with E-state index >= 15 is 0 Å². The van der Waals surface area contributed by atoms with Crippen LogP contribution in [0.5, 0.6) is 0 Å². The Morgan fingerprint density at radius 1 is 0.870 bits per heavy atom. The van der Waals surface area contributed by atoms with Gasteiger partial charge in [-0.2, -0.15) is 0 Å². The maximum atomic E-state index is 12.8. The Bertz CT molecular complexity index is 694. The van der Waals surface area contributed by atoms with Crippen LogP contribution < -0.4 is 0 Å². The first kappa shape index (κ1) is 15.1. The van der Waals surface area contributed by atoms with Crippen molar-refractivity contribution in [1.29, 1.82) is 0 Å². The van der Waals surface area contributed by atoms with Crippen molar-refractivity contribution in [3.63, 3.8) is 0 Å². The summed E-state index contributed by atoms with van der Waals surface area (Å²) in [5.74, 6) is -0.0978. The predicted molar refractivity (Wildman–Crippen MR) is 87.9 cm³/mol. The van der Waals surface area contributed by atoms with Crippen molar-refractivity contribution in [1.82, 2.24) is 0 Å². The van der Waals surface area contributed by atoms with Crippen LogP contribution in [0.15, 0.2) is 83.5 Å². The lowest BCUT2D eigenvalue weighted by atomic mass is 9.91. The average molecular weight is 306 g/mol. The minimum Gasteiger partial charge on any atom is -0.465 e. The Morgan fingerprint density at radius 2 is 1.43 bits per heavy atom. The van der Waals surface area contributed by atoms with E-state index in [1.54, 1.807) is 18.4 Å². The molecule has 0 bridgehead atoms. The molecule has 0 unspecified atom stereocenters. The van der Waals surface area contributed by atoms with E-state index in [-0.39, 0.29) is 5.97 Å². The molecule has 0 aliphatic rings. The molecule has 2 aromatic carbocycles. The smallest absolute Gasteiger partial charge is 0.318 e. The molecule has 0 amide bonds. The van der Waals surface area contributed by atoms with Crippen LogP contribution in [0.25, 0.3) is 0 Å². The Labute approximate surface area is 135 Å². The van der Waals surface area contributed by atoms with E-state index in [2.05, 4.69) is 0 Å². The second-order valence-corrected chi connectivity index (χ2v) is 5.35. The van der Waals surface area contributed by atoms with Gasteiger partial charge in [0.05, 0.1) is 6.26 Å². The molecule has 3 nitrogen and oxygen atoms in total. The molecular formula is C20H18O3. The van der Waals surface area contributed by atoms with Gasteiger partial charge in [0.1, 0.15) is 11.7 Å². The lowest BCUT2D eigenvalue weighted by molar-refractivity contribution is -0.150. The molecule has 0 saturated heterocycles. The van der Waals surface area contributed by atoms with E-state index in [9.17, 15) is 4.79 Å². The molecule has 0 spiro atoms. The number of benzene rings is 2. The summed E-state index contributed by atoms with van der Waals surface area (Å²) in [6, 6.07) is 22.9. The van der Waals surface area contributed by atoms with Gasteiger partial charge in [0.25, 0.3) is 0 Å². The zero-order chi connectivity index (χ0) is 16.1. The number of ether oxygens (including phenoxy) is 1. The first-order valence-corrected chi connectivity index (χ1v) is 7.59. The van der Waals surface area contributed by atoms with Crippen LogP contribution in [0.3, 0.4) is 0 Å². The summed E-state index contributed by atoms with van der Waals surface area (Å²) < 4.78 is 10.9. The van der Waals surface area contributed by atoms with E-state index in [1.807, 2.05) is 67.6 Å². The van der Waals surface area contributed by atoms with Gasteiger partial charge in [0.2, 0.25) is 0 Å². The fourth-order valence-corrected chi connectivity index (χ4v) is 2.58. The number of furan rings is 1. The third-order valence-electron chi connectivity index (χ3n) is 3.74. The quantitative estimate of drug-likeness (QED) is 0.640. The lowest BCUT2D eigenvalue weighted by Gasteiger charge is -2.19. The summed E-state index contributed by atoms with van der Waals surface area (Å²) in [6.07, 6.45) is 1.15. The maximum absolute atomic E-state index is 12.8. The summed E-state index contributed by atoms with van der Waals surface area (Å²) in [6.45, 7) is 1.81. The molecule has 1 aromatic heterocycles. The summed E-state index contributed by atoms with van der Waals surface area (Å²) in [5, 5.41) is 0. The predicted octanol–water partition coefficient (Wildman–Crippen LogP) is 4.72. The van der Waals surface area contributed by atoms with Crippen molar-refractivity contribution in [2.45, 2.75) is 18.9 Å². The van der Waals surface area contributed by atoms with Crippen LogP contribution >= 0.6 is 0 Å². The SMILES string of the molecule is C[C@@H](OC(=O)C(c1ccccc1)c1ccccc1)c1ccco1. The van der Waals surface area contributed by atoms with Crippen molar-refractivity contribution in [3.8, 4) is 0 Å². The molecule has 0 aliphatic heterocycles. The summed E-state index contributed by atoms with van der Waals surface area (Å²) in [4.78, 5) is 12.8. The van der Waals surface area contributed by atoms with E-state index in [0.717, 1.165) is 11.1 Å². The molecule has 0 saturated carbocycles. The fraction of sp³-hybridized carbons (Fsp3) is 0.150. The molecule has 23 heavy (non-hydrogen) atoms. The standard InChI is InChI=1S/C20H18O3/c1-15(18-13-8-14-22-18)23-20(21)19(16-9-4-2-5-10-16)17-11-6-3-7-12-17/h2-15,19H,1H3/t15-/m1/s1. The highest BCUT2D eigenvalue weighted by Crippen LogP contribution is 2.28. The van der Waals surface area contributed by atoms with E-state index in [4.69, 9.17) is 9.15 Å². The van der Waals surface area contributed by atoms with E-state index in [0.29, 0.717) is 5.76 Å². The van der Waals surface area contributed by atoms with Crippen LogP contribution in [0.4, 0.5) is 0 Å². The number of carbonyl (C=O) groups excluding carboxylic acids is 1. The Kier molecular flexibility index (Phi) is 4.57. The van der Waals surface area contributed by atoms with Gasteiger partial charge in [-0.05, 0) is 30.2 Å². The molecule has 116 valence electrons. The third-order valence-corrected chi connectivity index (χ3v) is 3.74. The van der Waals surface area contributed by atoms with Crippen LogP contribution in [0, 0.1) is 0 Å². The van der Waals surface area contributed by atoms with Crippen molar-refractivity contribution in [3.05, 3.63) is 95.9 Å². The summed E-state index contributed by atoms with van der Waals surface area (Å²) in [5.41, 5.74) is 1.82. The first-order chi connectivity index (χ1) is 11.3. The summed E-state index contributed by atoms with van der Waals surface area (Å²) in [7, 11) is 0. The van der Waals surface area contributed by atoms with Crippen LogP contribution in [-0.4, -0.2) is 5.97 Å². The molecule has 3 aromatic rings. The number of hydrogen-bond acceptors (Lipinski definition) is 3. The van der Waals surface area contributed by atoms with Crippen LogP contribution in [0.1, 0.15) is 35.8 Å². The molecule has 1 atom stereocenters. The molecular weight excluding hydrogens is 288 g/mol. The number of hydrogen-bond donors (Lipinski definition) is 0. The Hall–Kier alpha value is -2.81. The third kappa shape index (κ3) is 3.51. The molecule has 0 N–H and O–H groups in total. The van der Waals surface area contributed by atoms with Gasteiger partial charge in [0.15, 0.2) is 6.10 Å². The van der Waals surface area contributed by atoms with Gasteiger partial charge in [-0.15, -0.1) is 0 Å². The van der Waals surface area contributed by atoms with Gasteiger partial charge in [0, 0.05) is 0 Å². The number of carbonyl (C=O) groups is 1. The van der Waals surface area contributed by atoms with Gasteiger partial charge < -0.3 is 9.15 Å². The highest BCUT2D eigenvalue weighted by molar-refractivity contribution is 5.82. The zero-order valence-corrected chi connectivity index (χ0v) is 12.9. The Morgan fingerprint density at radius 3 is 1.91 bits per heavy atom. The fourth-order valence-electron chi connectivity index (χ4n) is 2.58. The topological polar surface area (TPSA) is 39.4 Å². The minimum atomic E-state index is -0.449. The molecule has 0 aliphatic carbocycles. The molecule has 3 rings (SSSR count). The molecule has 1 heterocycles. The highest BCUT2D eigenvalue weighted by atomic mass is 16.6. The van der Waals surface area contributed by atoms with Crippen LogP contribution in [0.2, 0.25) is 0 Å². The van der Waals surface area contributed by atoms with E-state index in [1.165, 1.54) is 0 Å². The first-order valence-electron chi connectivity index (χ1n) is 7.59. The number of esters is 1. The average Bonchev–Trinajstić information content (AvgIpc) is 3.12. The molecule has 3 heteroatoms. The second kappa shape index (κ2) is 6.97. The normalized spacial score (nSPS) is 12.1. The number of rotatable bonds is 5. The minimum absolute atomic E-state index is 0.286. The van der Waals surface area contributed by atoms with Gasteiger partial charge in [-0.3, -0.25) is 4.79 Å². The van der Waals surface area contributed by atoms with Crippen molar-refractivity contribution < 1.29 is 13.9 Å².